The van der Waals surface area contributed by atoms with Crippen molar-refractivity contribution in [2.45, 2.75) is 129 Å². The van der Waals surface area contributed by atoms with Crippen LogP contribution in [-0.4, -0.2) is 117 Å². The third kappa shape index (κ3) is 46.8. The zero-order valence-corrected chi connectivity index (χ0v) is 32.2. The molecule has 0 heterocycles. The molecule has 1 N–H and O–H groups in total. The highest BCUT2D eigenvalue weighted by Crippen LogP contribution is 2.11. The fourth-order valence-corrected chi connectivity index (χ4v) is 4.92. The van der Waals surface area contributed by atoms with Gasteiger partial charge in [-0.05, 0) is 31.1 Å². The minimum absolute atomic E-state index is 0.0322. The number of rotatable bonds is 42. The van der Waals surface area contributed by atoms with E-state index in [1.165, 1.54) is 103 Å². The Morgan fingerprint density at radius 3 is 0.880 bits per heavy atom. The summed E-state index contributed by atoms with van der Waals surface area (Å²) in [5.74, 6) is 12.5. The first kappa shape index (κ1) is 48.8. The Hall–Kier alpha value is -1.24. The zero-order valence-electron chi connectivity index (χ0n) is 32.2. The molecule has 0 radical (unpaired) electrons. The Balaban J connectivity index is 3.14. The van der Waals surface area contributed by atoms with Crippen molar-refractivity contribution in [1.82, 2.24) is 0 Å². The summed E-state index contributed by atoms with van der Waals surface area (Å²) in [4.78, 5) is 0. The Bertz CT molecular complexity index is 744. The second-order valence-electron chi connectivity index (χ2n) is 12.4. The molecule has 9 nitrogen and oxygen atoms in total. The van der Waals surface area contributed by atoms with Gasteiger partial charge in [-0.1, -0.05) is 109 Å². The number of aliphatic hydroxyl groups is 1. The molecule has 0 unspecified atom stereocenters. The summed E-state index contributed by atoms with van der Waals surface area (Å²) in [5, 5.41) is 8.59. The molecular formula is C41H76O9. The van der Waals surface area contributed by atoms with E-state index in [1.54, 1.807) is 0 Å². The summed E-state index contributed by atoms with van der Waals surface area (Å²) >= 11 is 0. The largest absolute Gasteiger partial charge is 0.394 e. The Labute approximate surface area is 307 Å². The normalized spacial score (nSPS) is 11.0. The molecule has 50 heavy (non-hydrogen) atoms. The maximum atomic E-state index is 8.59. The lowest BCUT2D eigenvalue weighted by Crippen LogP contribution is -2.15. The molecule has 0 aromatic rings. The van der Waals surface area contributed by atoms with E-state index in [-0.39, 0.29) is 6.61 Å². The van der Waals surface area contributed by atoms with Crippen LogP contribution in [-0.2, 0) is 37.9 Å². The van der Waals surface area contributed by atoms with E-state index >= 15 is 0 Å². The molecule has 0 atom stereocenters. The van der Waals surface area contributed by atoms with Gasteiger partial charge < -0.3 is 43.0 Å². The first-order valence-corrected chi connectivity index (χ1v) is 20.1. The summed E-state index contributed by atoms with van der Waals surface area (Å²) < 4.78 is 43.6. The summed E-state index contributed by atoms with van der Waals surface area (Å²) in [6.45, 7) is 11.0. The Morgan fingerprint density at radius 1 is 0.300 bits per heavy atom. The second kappa shape index (κ2) is 47.8. The third-order valence-electron chi connectivity index (χ3n) is 7.82. The van der Waals surface area contributed by atoms with Gasteiger partial charge in [0.25, 0.3) is 0 Å². The van der Waals surface area contributed by atoms with E-state index < -0.39 is 0 Å². The smallest absolute Gasteiger partial charge is 0.0701 e. The molecular weight excluding hydrogens is 636 g/mol. The van der Waals surface area contributed by atoms with Gasteiger partial charge in [0.1, 0.15) is 0 Å². The van der Waals surface area contributed by atoms with Crippen LogP contribution >= 0.6 is 0 Å². The van der Waals surface area contributed by atoms with Crippen LogP contribution in [0, 0.1) is 23.7 Å². The topological polar surface area (TPSA) is 94.1 Å². The monoisotopic (exact) mass is 713 g/mol. The van der Waals surface area contributed by atoms with Gasteiger partial charge in [0.15, 0.2) is 0 Å². The lowest BCUT2D eigenvalue weighted by molar-refractivity contribution is -0.0238. The predicted molar refractivity (Wildman–Crippen MR) is 203 cm³/mol. The summed E-state index contributed by atoms with van der Waals surface area (Å²) in [6.07, 6.45) is 24.3. The highest BCUT2D eigenvalue weighted by atomic mass is 16.6. The summed E-state index contributed by atoms with van der Waals surface area (Å²) in [6, 6.07) is 0. The SMILES string of the molecule is CCCCCCCCCCCCC#CC#CCCCCCCCCCOCCOCCOCCOCCOCCOCCOCCOCCO. The molecule has 0 fully saturated rings. The van der Waals surface area contributed by atoms with E-state index in [4.69, 9.17) is 43.0 Å². The third-order valence-corrected chi connectivity index (χ3v) is 7.82. The van der Waals surface area contributed by atoms with Crippen molar-refractivity contribution in [2.24, 2.45) is 0 Å². The predicted octanol–water partition coefficient (Wildman–Crippen LogP) is 7.55. The quantitative estimate of drug-likeness (QED) is 0.0509. The molecule has 0 bridgehead atoms. The maximum Gasteiger partial charge on any atom is 0.0701 e. The number of aliphatic hydroxyl groups excluding tert-OH is 1. The molecule has 0 saturated heterocycles. The number of unbranched alkanes of at least 4 members (excludes halogenated alkanes) is 17. The number of hydrogen-bond acceptors (Lipinski definition) is 9. The average Bonchev–Trinajstić information content (AvgIpc) is 3.13. The first-order chi connectivity index (χ1) is 24.9. The van der Waals surface area contributed by atoms with Crippen LogP contribution in [0.1, 0.15) is 129 Å². The molecule has 0 aromatic heterocycles. The van der Waals surface area contributed by atoms with E-state index in [0.717, 1.165) is 25.9 Å². The minimum Gasteiger partial charge on any atom is -0.394 e. The molecule has 0 aliphatic rings. The first-order valence-electron chi connectivity index (χ1n) is 20.1. The maximum absolute atomic E-state index is 8.59. The van der Waals surface area contributed by atoms with Crippen molar-refractivity contribution < 1.29 is 43.0 Å². The van der Waals surface area contributed by atoms with E-state index in [9.17, 15) is 0 Å². The van der Waals surface area contributed by atoms with Gasteiger partial charge in [-0.15, -0.1) is 0 Å². The molecule has 9 heteroatoms. The highest BCUT2D eigenvalue weighted by molar-refractivity contribution is 5.25. The second-order valence-corrected chi connectivity index (χ2v) is 12.4. The lowest BCUT2D eigenvalue weighted by atomic mass is 10.1. The van der Waals surface area contributed by atoms with Crippen molar-refractivity contribution in [3.8, 4) is 23.7 Å². The van der Waals surface area contributed by atoms with E-state index in [1.807, 2.05) is 0 Å². The van der Waals surface area contributed by atoms with E-state index in [2.05, 4.69) is 30.6 Å². The van der Waals surface area contributed by atoms with Gasteiger partial charge in [0.2, 0.25) is 0 Å². The molecule has 0 aliphatic carbocycles. The fourth-order valence-electron chi connectivity index (χ4n) is 4.92. The molecule has 294 valence electrons. The molecule has 0 rings (SSSR count). The van der Waals surface area contributed by atoms with Crippen molar-refractivity contribution in [3.05, 3.63) is 0 Å². The van der Waals surface area contributed by atoms with Gasteiger partial charge in [0.05, 0.1) is 106 Å². The van der Waals surface area contributed by atoms with Crippen LogP contribution in [0.25, 0.3) is 0 Å². The van der Waals surface area contributed by atoms with Crippen molar-refractivity contribution >= 4 is 0 Å². The Kier molecular flexibility index (Phi) is 46.6. The van der Waals surface area contributed by atoms with Crippen LogP contribution in [0.15, 0.2) is 0 Å². The average molecular weight is 713 g/mol. The minimum atomic E-state index is 0.0322. The number of hydrogen-bond donors (Lipinski definition) is 1. The van der Waals surface area contributed by atoms with Gasteiger partial charge in [-0.3, -0.25) is 0 Å². The summed E-state index contributed by atoms with van der Waals surface area (Å²) in [7, 11) is 0. The van der Waals surface area contributed by atoms with Gasteiger partial charge in [0, 0.05) is 19.4 Å². The zero-order chi connectivity index (χ0) is 35.9. The molecule has 0 spiro atoms. The molecule has 0 saturated carbocycles. The van der Waals surface area contributed by atoms with Gasteiger partial charge in [-0.2, -0.15) is 0 Å². The molecule has 0 aromatic carbocycles. The fraction of sp³-hybridized carbons (Fsp3) is 0.902. The summed E-state index contributed by atoms with van der Waals surface area (Å²) in [5.41, 5.74) is 0. The van der Waals surface area contributed by atoms with Gasteiger partial charge >= 0.3 is 0 Å². The van der Waals surface area contributed by atoms with Crippen molar-refractivity contribution in [1.29, 1.82) is 0 Å². The van der Waals surface area contributed by atoms with Crippen molar-refractivity contribution in [2.75, 3.05) is 112 Å². The highest BCUT2D eigenvalue weighted by Gasteiger charge is 1.97. The lowest BCUT2D eigenvalue weighted by Gasteiger charge is -2.08. The number of ether oxygens (including phenoxy) is 8. The van der Waals surface area contributed by atoms with Crippen LogP contribution in [0.4, 0.5) is 0 Å². The molecule has 0 amide bonds. The van der Waals surface area contributed by atoms with Crippen LogP contribution in [0.5, 0.6) is 0 Å². The standard InChI is InChI=1S/C41H76O9/c1-2-3-4-5-6-7-8-9-10-11-12-13-14-15-16-17-18-19-20-21-22-23-24-26-43-28-30-45-32-34-47-36-38-49-40-41-50-39-37-48-35-33-46-31-29-44-27-25-42/h42H,2-12,17-41H2,1H3. The van der Waals surface area contributed by atoms with Crippen LogP contribution in [0.2, 0.25) is 0 Å². The van der Waals surface area contributed by atoms with E-state index in [0.29, 0.717) is 99.1 Å². The molecule has 0 aliphatic heterocycles. The van der Waals surface area contributed by atoms with Crippen LogP contribution < -0.4 is 0 Å². The van der Waals surface area contributed by atoms with Gasteiger partial charge in [-0.25, -0.2) is 0 Å². The Morgan fingerprint density at radius 2 is 0.560 bits per heavy atom. The van der Waals surface area contributed by atoms with Crippen LogP contribution in [0.3, 0.4) is 0 Å². The van der Waals surface area contributed by atoms with Crippen molar-refractivity contribution in [3.63, 3.8) is 0 Å².